The maximum absolute atomic E-state index is 13.3. The number of thiazole rings is 1. The van der Waals surface area contributed by atoms with Crippen molar-refractivity contribution in [1.29, 1.82) is 0 Å². The number of nitrogens with zero attached hydrogens (tertiary/aromatic N) is 5. The molecule has 4 aromatic heterocycles. The minimum Gasteiger partial charge on any atom is -0.472 e. The van der Waals surface area contributed by atoms with Crippen molar-refractivity contribution in [1.82, 2.24) is 24.8 Å². The molecule has 5 heterocycles. The molecule has 0 radical (unpaired) electrons. The summed E-state index contributed by atoms with van der Waals surface area (Å²) < 4.78 is 5.66. The molecule has 1 saturated heterocycles. The van der Waals surface area contributed by atoms with Crippen molar-refractivity contribution in [3.63, 3.8) is 0 Å². The summed E-state index contributed by atoms with van der Waals surface area (Å²) >= 11 is 1.41. The number of furan rings is 1. The van der Waals surface area contributed by atoms with Crippen molar-refractivity contribution >= 4 is 39.3 Å². The third kappa shape index (κ3) is 4.34. The first kappa shape index (κ1) is 21.2. The van der Waals surface area contributed by atoms with Gasteiger partial charge in [-0.2, -0.15) is 4.98 Å². The Bertz CT molecular complexity index is 1300. The largest absolute Gasteiger partial charge is 0.472 e. The summed E-state index contributed by atoms with van der Waals surface area (Å²) in [6, 6.07) is 5.40. The normalized spacial score (nSPS) is 14.8. The van der Waals surface area contributed by atoms with Crippen molar-refractivity contribution in [2.75, 3.05) is 18.4 Å². The number of hydrogen-bond donors (Lipinski definition) is 1. The van der Waals surface area contributed by atoms with E-state index in [4.69, 9.17) is 4.42 Å². The Morgan fingerprint density at radius 3 is 2.85 bits per heavy atom. The molecule has 0 saturated carbocycles. The van der Waals surface area contributed by atoms with E-state index in [0.717, 1.165) is 10.6 Å². The van der Waals surface area contributed by atoms with E-state index in [0.29, 0.717) is 47.1 Å². The topological polar surface area (TPSA) is 114 Å². The molecule has 1 fully saturated rings. The van der Waals surface area contributed by atoms with Gasteiger partial charge in [0.15, 0.2) is 17.1 Å². The number of pyridine rings is 1. The number of aromatic nitrogens is 4. The van der Waals surface area contributed by atoms with Crippen LogP contribution in [0.2, 0.25) is 0 Å². The smallest absolute Gasteiger partial charge is 0.274 e. The van der Waals surface area contributed by atoms with Crippen LogP contribution >= 0.6 is 11.3 Å². The highest BCUT2D eigenvalue weighted by atomic mass is 32.1. The molecule has 1 aliphatic heterocycles. The fraction of sp³-hybridized carbons (Fsp3) is 0.304. The van der Waals surface area contributed by atoms with E-state index in [9.17, 15) is 9.59 Å². The van der Waals surface area contributed by atoms with Gasteiger partial charge >= 0.3 is 0 Å². The second-order valence-corrected chi connectivity index (χ2v) is 9.35. The van der Waals surface area contributed by atoms with Crippen LogP contribution in [0.4, 0.5) is 5.95 Å². The van der Waals surface area contributed by atoms with E-state index >= 15 is 0 Å². The number of Topliss-reactive ketones (excluding diaryl/α,β-unsaturated/α-hetero) is 1. The number of fused-ring (bicyclic) bond motifs is 1. The average Bonchev–Trinajstić information content (AvgIpc) is 3.44. The molecule has 168 valence electrons. The van der Waals surface area contributed by atoms with E-state index in [1.54, 1.807) is 23.4 Å². The summed E-state index contributed by atoms with van der Waals surface area (Å²) in [6.07, 6.45) is 6.82. The standard InChI is InChI=1S/C23H22N6O3S/c1-13(16-4-3-6-24-9-16)25-23-27-19(20-21(28-23)26-14(2)33-20)22(31)29-10-15(11-29)8-18(30)17-5-7-32-12-17/h3-7,9,12-13,15H,8,10-11H2,1-2H3,(H,25,27,28). The minimum atomic E-state index is -0.171. The number of carbonyl (C=O) groups excluding carboxylic acids is 2. The van der Waals surface area contributed by atoms with Crippen LogP contribution in [0.15, 0.2) is 47.5 Å². The van der Waals surface area contributed by atoms with Crippen molar-refractivity contribution in [3.05, 3.63) is 64.9 Å². The van der Waals surface area contributed by atoms with Crippen LogP contribution < -0.4 is 5.32 Å². The van der Waals surface area contributed by atoms with Gasteiger partial charge in [0.25, 0.3) is 5.91 Å². The second kappa shape index (κ2) is 8.70. The zero-order valence-electron chi connectivity index (χ0n) is 18.2. The Labute approximate surface area is 193 Å². The van der Waals surface area contributed by atoms with Crippen LogP contribution in [0.1, 0.15) is 50.8 Å². The van der Waals surface area contributed by atoms with Crippen molar-refractivity contribution in [2.24, 2.45) is 5.92 Å². The minimum absolute atomic E-state index is 0.0271. The average molecular weight is 463 g/mol. The lowest BCUT2D eigenvalue weighted by atomic mass is 9.92. The van der Waals surface area contributed by atoms with E-state index in [1.165, 1.54) is 23.9 Å². The third-order valence-corrected chi connectivity index (χ3v) is 6.62. The van der Waals surface area contributed by atoms with Crippen LogP contribution in [0.25, 0.3) is 10.3 Å². The van der Waals surface area contributed by atoms with Gasteiger partial charge in [0.2, 0.25) is 5.95 Å². The SMILES string of the molecule is Cc1nc2nc(NC(C)c3cccnc3)nc(C(=O)N3CC(CC(=O)c4ccoc4)C3)c2s1. The Morgan fingerprint density at radius 1 is 1.27 bits per heavy atom. The number of aryl methyl sites for hydroxylation is 1. The van der Waals surface area contributed by atoms with Gasteiger partial charge < -0.3 is 14.6 Å². The zero-order valence-corrected chi connectivity index (χ0v) is 19.0. The zero-order chi connectivity index (χ0) is 22.9. The molecule has 1 N–H and O–H groups in total. The molecule has 4 aromatic rings. The Balaban J connectivity index is 1.33. The lowest BCUT2D eigenvalue weighted by Gasteiger charge is -2.38. The van der Waals surface area contributed by atoms with Crippen molar-refractivity contribution in [3.8, 4) is 0 Å². The molecule has 10 heteroatoms. The number of nitrogens with one attached hydrogen (secondary N) is 1. The highest BCUT2D eigenvalue weighted by molar-refractivity contribution is 7.18. The highest BCUT2D eigenvalue weighted by Gasteiger charge is 2.35. The molecule has 1 atom stereocenters. The van der Waals surface area contributed by atoms with E-state index in [2.05, 4.69) is 25.3 Å². The Hall–Kier alpha value is -3.66. The molecule has 5 rings (SSSR count). The maximum atomic E-state index is 13.3. The van der Waals surface area contributed by atoms with Gasteiger partial charge in [-0.15, -0.1) is 11.3 Å². The highest BCUT2D eigenvalue weighted by Crippen LogP contribution is 2.29. The summed E-state index contributed by atoms with van der Waals surface area (Å²) in [7, 11) is 0. The first-order chi connectivity index (χ1) is 16.0. The number of amides is 1. The second-order valence-electron chi connectivity index (χ2n) is 8.15. The number of ketones is 1. The first-order valence-corrected chi connectivity index (χ1v) is 11.5. The fourth-order valence-electron chi connectivity index (χ4n) is 3.86. The van der Waals surface area contributed by atoms with Crippen LogP contribution in [-0.2, 0) is 0 Å². The maximum Gasteiger partial charge on any atom is 0.274 e. The van der Waals surface area contributed by atoms with E-state index in [-0.39, 0.29) is 23.7 Å². The van der Waals surface area contributed by atoms with Crippen LogP contribution in [0, 0.1) is 12.8 Å². The Morgan fingerprint density at radius 2 is 2.12 bits per heavy atom. The van der Waals surface area contributed by atoms with Gasteiger partial charge in [0.05, 0.1) is 22.9 Å². The van der Waals surface area contributed by atoms with Gasteiger partial charge in [-0.05, 0) is 31.5 Å². The van der Waals surface area contributed by atoms with Crippen LogP contribution in [0.5, 0.6) is 0 Å². The van der Waals surface area contributed by atoms with E-state index < -0.39 is 0 Å². The molecule has 0 aliphatic carbocycles. The van der Waals surface area contributed by atoms with Gasteiger partial charge in [0.1, 0.15) is 11.0 Å². The molecule has 1 aliphatic rings. The quantitative estimate of drug-likeness (QED) is 0.411. The molecule has 1 amide bonds. The molecule has 33 heavy (non-hydrogen) atoms. The Kier molecular flexibility index (Phi) is 5.59. The third-order valence-electron chi connectivity index (χ3n) is 5.65. The fourth-order valence-corrected chi connectivity index (χ4v) is 4.70. The van der Waals surface area contributed by atoms with Crippen molar-refractivity contribution in [2.45, 2.75) is 26.3 Å². The molecule has 0 aromatic carbocycles. The summed E-state index contributed by atoms with van der Waals surface area (Å²) in [6.45, 7) is 4.89. The van der Waals surface area contributed by atoms with Gasteiger partial charge in [-0.25, -0.2) is 9.97 Å². The van der Waals surface area contributed by atoms with Crippen molar-refractivity contribution < 1.29 is 14.0 Å². The summed E-state index contributed by atoms with van der Waals surface area (Å²) in [5, 5.41) is 4.08. The van der Waals surface area contributed by atoms with Gasteiger partial charge in [-0.3, -0.25) is 14.6 Å². The molecule has 0 spiro atoms. The molecular weight excluding hydrogens is 440 g/mol. The number of rotatable bonds is 7. The number of anilines is 1. The monoisotopic (exact) mass is 462 g/mol. The van der Waals surface area contributed by atoms with Crippen LogP contribution in [0.3, 0.4) is 0 Å². The molecule has 9 nitrogen and oxygen atoms in total. The first-order valence-electron chi connectivity index (χ1n) is 10.6. The van der Waals surface area contributed by atoms with Gasteiger partial charge in [-0.1, -0.05) is 6.07 Å². The predicted octanol–water partition coefficient (Wildman–Crippen LogP) is 3.90. The number of carbonyl (C=O) groups is 2. The summed E-state index contributed by atoms with van der Waals surface area (Å²) in [5.41, 5.74) is 2.39. The number of hydrogen-bond acceptors (Lipinski definition) is 9. The van der Waals surface area contributed by atoms with E-state index in [1.807, 2.05) is 26.0 Å². The molecular formula is C23H22N6O3S. The predicted molar refractivity (Wildman–Crippen MR) is 123 cm³/mol. The summed E-state index contributed by atoms with van der Waals surface area (Å²) in [5.74, 6) is 0.328. The molecule has 1 unspecified atom stereocenters. The van der Waals surface area contributed by atoms with Gasteiger partial charge in [0, 0.05) is 37.8 Å². The lowest BCUT2D eigenvalue weighted by Crippen LogP contribution is -2.50. The summed E-state index contributed by atoms with van der Waals surface area (Å²) in [4.78, 5) is 45.0. The lowest BCUT2D eigenvalue weighted by molar-refractivity contribution is 0.0466. The van der Waals surface area contributed by atoms with Crippen LogP contribution in [-0.4, -0.2) is 49.6 Å². The number of likely N-dealkylation sites (tertiary alicyclic amines) is 1. The molecule has 0 bridgehead atoms.